The summed E-state index contributed by atoms with van der Waals surface area (Å²) in [5, 5.41) is 10.4. The molecule has 0 aromatic heterocycles. The molecular weight excluding hydrogens is 225 g/mol. The van der Waals surface area contributed by atoms with E-state index >= 15 is 0 Å². The van der Waals surface area contributed by atoms with Crippen molar-refractivity contribution in [3.05, 3.63) is 39.7 Å². The monoisotopic (exact) mass is 235 g/mol. The lowest BCUT2D eigenvalue weighted by Gasteiger charge is -2.09. The molecule has 7 heteroatoms. The van der Waals surface area contributed by atoms with Crippen molar-refractivity contribution >= 4 is 18.1 Å². The summed E-state index contributed by atoms with van der Waals surface area (Å²) in [5.74, 6) is -0.575. The van der Waals surface area contributed by atoms with E-state index in [-0.39, 0.29) is 30.2 Å². The van der Waals surface area contributed by atoms with E-state index in [9.17, 15) is 14.5 Å². The van der Waals surface area contributed by atoms with Gasteiger partial charge in [0.2, 0.25) is 0 Å². The first-order valence-corrected chi connectivity index (χ1v) is 3.95. The molecule has 0 aliphatic rings. The fourth-order valence-electron chi connectivity index (χ4n) is 1.06. The van der Waals surface area contributed by atoms with E-state index in [1.54, 1.807) is 0 Å². The zero-order valence-corrected chi connectivity index (χ0v) is 8.54. The number of nitro groups is 1. The minimum atomic E-state index is -0.713. The van der Waals surface area contributed by atoms with E-state index in [1.807, 2.05) is 0 Å². The van der Waals surface area contributed by atoms with Crippen LogP contribution in [0.2, 0.25) is 0 Å². The molecule has 0 spiro atoms. The first-order valence-electron chi connectivity index (χ1n) is 3.95. The Hall–Kier alpha value is -1.24. The summed E-state index contributed by atoms with van der Waals surface area (Å²) in [6.45, 7) is 0.0398. The lowest BCUT2D eigenvalue weighted by Crippen LogP contribution is -2.21. The van der Waals surface area contributed by atoms with Crippen molar-refractivity contribution in [3.63, 3.8) is 0 Å². The number of rotatable bonds is 3. The van der Waals surface area contributed by atoms with Crippen LogP contribution in [0, 0.1) is 15.9 Å². The molecule has 0 aliphatic carbocycles. The van der Waals surface area contributed by atoms with Crippen molar-refractivity contribution in [2.24, 2.45) is 11.5 Å². The van der Waals surface area contributed by atoms with E-state index in [4.69, 9.17) is 11.5 Å². The molecule has 5 nitrogen and oxygen atoms in total. The third-order valence-corrected chi connectivity index (χ3v) is 1.84. The largest absolute Gasteiger partial charge is 0.329 e. The van der Waals surface area contributed by atoms with Gasteiger partial charge in [-0.2, -0.15) is 0 Å². The van der Waals surface area contributed by atoms with Crippen LogP contribution in [0.25, 0.3) is 0 Å². The molecule has 84 valence electrons. The average Bonchev–Trinajstić information content (AvgIpc) is 2.17. The number of benzene rings is 1. The summed E-state index contributed by atoms with van der Waals surface area (Å²) < 4.78 is 13.1. The molecule has 0 fully saturated rings. The van der Waals surface area contributed by atoms with E-state index in [0.717, 1.165) is 18.2 Å². The standard InChI is InChI=1S/C8H10FN3O2.ClH/c9-7-2-1-5(12(13)14)3-6(7)8(11)4-10;/h1-3,8H,4,10-11H2;1H/t8-;/m0./s1. The second-order valence-corrected chi connectivity index (χ2v) is 2.81. The lowest BCUT2D eigenvalue weighted by atomic mass is 10.1. The highest BCUT2D eigenvalue weighted by Crippen LogP contribution is 2.20. The van der Waals surface area contributed by atoms with Gasteiger partial charge < -0.3 is 11.5 Å². The number of nitrogens with zero attached hydrogens (tertiary/aromatic N) is 1. The molecule has 1 aromatic carbocycles. The summed E-state index contributed by atoms with van der Waals surface area (Å²) in [7, 11) is 0. The highest BCUT2D eigenvalue weighted by Gasteiger charge is 2.14. The van der Waals surface area contributed by atoms with Crippen molar-refractivity contribution in [2.75, 3.05) is 6.54 Å². The fourth-order valence-corrected chi connectivity index (χ4v) is 1.06. The van der Waals surface area contributed by atoms with Crippen LogP contribution in [0.3, 0.4) is 0 Å². The van der Waals surface area contributed by atoms with Gasteiger partial charge in [0.25, 0.3) is 5.69 Å². The van der Waals surface area contributed by atoms with Crippen molar-refractivity contribution in [3.8, 4) is 0 Å². The minimum absolute atomic E-state index is 0. The number of hydrogen-bond donors (Lipinski definition) is 2. The van der Waals surface area contributed by atoms with Gasteiger partial charge in [0.1, 0.15) is 5.82 Å². The van der Waals surface area contributed by atoms with Gasteiger partial charge in [0.05, 0.1) is 4.92 Å². The SMILES string of the molecule is Cl.NC[C@H](N)c1cc([N+](=O)[O-])ccc1F. The van der Waals surface area contributed by atoms with E-state index in [0.29, 0.717) is 0 Å². The van der Waals surface area contributed by atoms with Crippen LogP contribution in [-0.2, 0) is 0 Å². The van der Waals surface area contributed by atoms with E-state index in [1.165, 1.54) is 0 Å². The molecule has 0 bridgehead atoms. The number of hydrogen-bond acceptors (Lipinski definition) is 4. The number of nitro benzene ring substituents is 1. The molecule has 0 saturated heterocycles. The molecule has 0 aliphatic heterocycles. The van der Waals surface area contributed by atoms with Crippen LogP contribution in [0.15, 0.2) is 18.2 Å². The second kappa shape index (κ2) is 5.59. The molecule has 0 unspecified atom stereocenters. The third-order valence-electron chi connectivity index (χ3n) is 1.84. The smallest absolute Gasteiger partial charge is 0.269 e. The Morgan fingerprint density at radius 2 is 2.13 bits per heavy atom. The second-order valence-electron chi connectivity index (χ2n) is 2.81. The Labute approximate surface area is 91.8 Å². The van der Waals surface area contributed by atoms with Crippen molar-refractivity contribution in [1.82, 2.24) is 0 Å². The first-order chi connectivity index (χ1) is 6.56. The quantitative estimate of drug-likeness (QED) is 0.606. The van der Waals surface area contributed by atoms with Gasteiger partial charge in [-0.15, -0.1) is 12.4 Å². The van der Waals surface area contributed by atoms with E-state index in [2.05, 4.69) is 0 Å². The predicted molar refractivity (Wildman–Crippen MR) is 56.3 cm³/mol. The van der Waals surface area contributed by atoms with Gasteiger partial charge >= 0.3 is 0 Å². The average molecular weight is 236 g/mol. The molecule has 1 aromatic rings. The van der Waals surface area contributed by atoms with Gasteiger partial charge in [-0.1, -0.05) is 0 Å². The molecular formula is C8H11ClFN3O2. The molecule has 1 rings (SSSR count). The van der Waals surface area contributed by atoms with Crippen LogP contribution in [0.5, 0.6) is 0 Å². The molecule has 0 heterocycles. The van der Waals surface area contributed by atoms with Gasteiger partial charge in [-0.05, 0) is 6.07 Å². The van der Waals surface area contributed by atoms with Gasteiger partial charge in [-0.3, -0.25) is 10.1 Å². The Kier molecular flexibility index (Phi) is 5.13. The Balaban J connectivity index is 0.00000196. The highest BCUT2D eigenvalue weighted by atomic mass is 35.5. The molecule has 0 amide bonds. The van der Waals surface area contributed by atoms with Crippen LogP contribution < -0.4 is 11.5 Å². The lowest BCUT2D eigenvalue weighted by molar-refractivity contribution is -0.385. The van der Waals surface area contributed by atoms with Crippen LogP contribution in [0.1, 0.15) is 11.6 Å². The maximum Gasteiger partial charge on any atom is 0.269 e. The van der Waals surface area contributed by atoms with Gasteiger partial charge in [0, 0.05) is 30.3 Å². The predicted octanol–water partition coefficient (Wildman–Crippen LogP) is 1.11. The molecule has 1 atom stereocenters. The Bertz CT molecular complexity index is 362. The molecule has 15 heavy (non-hydrogen) atoms. The normalized spacial score (nSPS) is 11.7. The Morgan fingerprint density at radius 3 is 2.60 bits per heavy atom. The topological polar surface area (TPSA) is 95.2 Å². The fraction of sp³-hybridized carbons (Fsp3) is 0.250. The molecule has 0 radical (unpaired) electrons. The number of halogens is 2. The Morgan fingerprint density at radius 1 is 1.53 bits per heavy atom. The molecule has 4 N–H and O–H groups in total. The van der Waals surface area contributed by atoms with Crippen molar-refractivity contribution in [2.45, 2.75) is 6.04 Å². The molecule has 0 saturated carbocycles. The summed E-state index contributed by atoms with van der Waals surface area (Å²) in [5.41, 5.74) is 10.6. The zero-order chi connectivity index (χ0) is 10.7. The summed E-state index contributed by atoms with van der Waals surface area (Å²) in [6.07, 6.45) is 0. The summed E-state index contributed by atoms with van der Waals surface area (Å²) in [4.78, 5) is 9.78. The van der Waals surface area contributed by atoms with Crippen molar-refractivity contribution in [1.29, 1.82) is 0 Å². The minimum Gasteiger partial charge on any atom is -0.329 e. The third kappa shape index (κ3) is 3.12. The van der Waals surface area contributed by atoms with Crippen LogP contribution in [-0.4, -0.2) is 11.5 Å². The zero-order valence-electron chi connectivity index (χ0n) is 7.72. The summed E-state index contributed by atoms with van der Waals surface area (Å²) >= 11 is 0. The summed E-state index contributed by atoms with van der Waals surface area (Å²) in [6, 6.07) is 2.49. The van der Waals surface area contributed by atoms with E-state index < -0.39 is 16.8 Å². The number of nitrogens with two attached hydrogens (primary N) is 2. The number of non-ortho nitro benzene ring substituents is 1. The van der Waals surface area contributed by atoms with Crippen LogP contribution >= 0.6 is 12.4 Å². The van der Waals surface area contributed by atoms with Crippen molar-refractivity contribution < 1.29 is 9.31 Å². The highest BCUT2D eigenvalue weighted by molar-refractivity contribution is 5.85. The van der Waals surface area contributed by atoms with Gasteiger partial charge in [0.15, 0.2) is 0 Å². The first kappa shape index (κ1) is 13.8. The maximum atomic E-state index is 13.1. The maximum absolute atomic E-state index is 13.1. The van der Waals surface area contributed by atoms with Gasteiger partial charge in [-0.25, -0.2) is 4.39 Å². The van der Waals surface area contributed by atoms with Crippen LogP contribution in [0.4, 0.5) is 10.1 Å².